The molecule has 3 aromatic heterocycles. The minimum absolute atomic E-state index is 0.263. The van der Waals surface area contributed by atoms with Gasteiger partial charge in [0.05, 0.1) is 22.2 Å². The average Bonchev–Trinajstić information content (AvgIpc) is 3.79. The maximum absolute atomic E-state index is 6.65. The highest BCUT2D eigenvalue weighted by molar-refractivity contribution is 7.99. The van der Waals surface area contributed by atoms with E-state index in [9.17, 15) is 0 Å². The molecule has 0 N–H and O–H groups in total. The number of aromatic nitrogens is 3. The van der Waals surface area contributed by atoms with Crippen LogP contribution >= 0.6 is 11.8 Å². The van der Waals surface area contributed by atoms with Crippen LogP contribution in [0.1, 0.15) is 41.7 Å². The molecule has 1 aliphatic carbocycles. The summed E-state index contributed by atoms with van der Waals surface area (Å²) in [5.74, 6) is 0.624. The van der Waals surface area contributed by atoms with Gasteiger partial charge in [-0.2, -0.15) is 4.98 Å². The van der Waals surface area contributed by atoms with E-state index in [0.29, 0.717) is 5.84 Å². The number of nitrogens with zero attached hydrogens (tertiary/aromatic N) is 3. The molecule has 0 radical (unpaired) electrons. The number of imidazole rings is 1. The summed E-state index contributed by atoms with van der Waals surface area (Å²) in [4.78, 5) is 12.5. The van der Waals surface area contributed by atoms with Gasteiger partial charge in [-0.3, -0.25) is 9.38 Å². The Morgan fingerprint density at radius 2 is 1.22 bits per heavy atom. The van der Waals surface area contributed by atoms with Gasteiger partial charge in [0, 0.05) is 38.1 Å². The Bertz CT molecular complexity index is 3430. The molecule has 4 nitrogen and oxygen atoms in total. The lowest BCUT2D eigenvalue weighted by atomic mass is 9.74. The first kappa shape index (κ1) is 34.4. The van der Waals surface area contributed by atoms with Crippen molar-refractivity contribution >= 4 is 39.7 Å². The van der Waals surface area contributed by atoms with Crippen molar-refractivity contribution in [3.63, 3.8) is 0 Å². The molecule has 7 aromatic carbocycles. The molecule has 0 unspecified atom stereocenters. The molecule has 0 saturated heterocycles. The summed E-state index contributed by atoms with van der Waals surface area (Å²) in [6.07, 6.45) is 1.91. The number of oxazole rings is 1. The lowest BCUT2D eigenvalue weighted by molar-refractivity contribution is 0.607. The first-order chi connectivity index (χ1) is 28.8. The number of fused-ring (bicyclic) bond motifs is 15. The van der Waals surface area contributed by atoms with Crippen molar-refractivity contribution in [1.29, 1.82) is 0 Å². The first-order valence-corrected chi connectivity index (χ1v) is 21.1. The van der Waals surface area contributed by atoms with Crippen LogP contribution in [-0.2, 0) is 5.41 Å². The molecule has 0 fully saturated rings. The number of rotatable bonds is 2. The van der Waals surface area contributed by atoms with E-state index in [4.69, 9.17) is 14.4 Å². The molecule has 0 bridgehead atoms. The highest BCUT2D eigenvalue weighted by Crippen LogP contribution is 2.56. The number of para-hydroxylation sites is 2. The zero-order chi connectivity index (χ0) is 39.7. The SMILES string of the molecule is Cc1cc2c(cc1-c1c(C)ccc3c1oc1nc4ccccc4n13)C(C)(C)c1ccc(C)c(-c3ccc4c(c3)-c3ccccc3-c3ncccc3-c3ccccc3-4)c1S2. The molecular formula is C54H39N3OS. The fourth-order valence-electron chi connectivity index (χ4n) is 9.97. The molecule has 282 valence electrons. The van der Waals surface area contributed by atoms with E-state index in [2.05, 4.69) is 160 Å². The van der Waals surface area contributed by atoms with Crippen LogP contribution in [0.3, 0.4) is 0 Å². The Balaban J connectivity index is 1.03. The molecule has 1 aliphatic heterocycles. The third-order valence-electron chi connectivity index (χ3n) is 12.9. The average molecular weight is 778 g/mol. The maximum Gasteiger partial charge on any atom is 0.307 e. The molecule has 2 aliphatic rings. The quantitative estimate of drug-likeness (QED) is 0.175. The molecule has 12 rings (SSSR count). The predicted octanol–water partition coefficient (Wildman–Crippen LogP) is 14.7. The van der Waals surface area contributed by atoms with Gasteiger partial charge in [0.25, 0.3) is 0 Å². The zero-order valence-electron chi connectivity index (χ0n) is 33.5. The molecule has 0 saturated carbocycles. The summed E-state index contributed by atoms with van der Waals surface area (Å²) < 4.78 is 8.80. The van der Waals surface area contributed by atoms with E-state index >= 15 is 0 Å². The number of hydrogen-bond donors (Lipinski definition) is 0. The molecule has 0 spiro atoms. The fourth-order valence-corrected chi connectivity index (χ4v) is 11.7. The summed E-state index contributed by atoms with van der Waals surface area (Å²) in [5, 5.41) is 0. The summed E-state index contributed by atoms with van der Waals surface area (Å²) >= 11 is 1.92. The monoisotopic (exact) mass is 777 g/mol. The second kappa shape index (κ2) is 12.4. The number of pyridine rings is 1. The van der Waals surface area contributed by atoms with Crippen LogP contribution in [0, 0.1) is 20.8 Å². The zero-order valence-corrected chi connectivity index (χ0v) is 34.3. The molecule has 5 heteroatoms. The largest absolute Gasteiger partial charge is 0.422 e. The van der Waals surface area contributed by atoms with Crippen molar-refractivity contribution in [1.82, 2.24) is 14.4 Å². The second-order valence-electron chi connectivity index (χ2n) is 16.7. The standard InChI is InChI=1S/C54H39N3OS/c1-30-20-24-42-52(48(30)33-22-23-37-34-13-6-7-14-35(34)39-17-12-26-55-50(39)38-16-9-8-15-36(38)41(37)28-33)59-47-27-32(3)40(29-43(47)54(42,4)5)49-31(2)21-25-46-51(49)58-53-56-44-18-10-11-19-45(44)57(46)53/h6-29H,1-5H3. The van der Waals surface area contributed by atoms with E-state index < -0.39 is 0 Å². The van der Waals surface area contributed by atoms with Crippen molar-refractivity contribution in [2.24, 2.45) is 0 Å². The molecular weight excluding hydrogens is 739 g/mol. The Labute approximate surface area is 347 Å². The van der Waals surface area contributed by atoms with E-state index in [0.717, 1.165) is 44.5 Å². The number of aryl methyl sites for hydroxylation is 3. The summed E-state index contributed by atoms with van der Waals surface area (Å²) in [7, 11) is 0. The van der Waals surface area contributed by atoms with E-state index in [1.807, 2.05) is 36.2 Å². The summed E-state index contributed by atoms with van der Waals surface area (Å²) in [6.45, 7) is 11.5. The van der Waals surface area contributed by atoms with Gasteiger partial charge in [-0.1, -0.05) is 123 Å². The Hall–Kier alpha value is -6.69. The highest BCUT2D eigenvalue weighted by atomic mass is 32.2. The summed E-state index contributed by atoms with van der Waals surface area (Å²) in [6, 6.07) is 51.1. The normalized spacial score (nSPS) is 13.6. The van der Waals surface area contributed by atoms with Gasteiger partial charge in [-0.25, -0.2) is 0 Å². The van der Waals surface area contributed by atoms with E-state index in [-0.39, 0.29) is 5.41 Å². The van der Waals surface area contributed by atoms with Crippen LogP contribution in [0.25, 0.3) is 94.9 Å². The van der Waals surface area contributed by atoms with Crippen molar-refractivity contribution in [2.75, 3.05) is 0 Å². The van der Waals surface area contributed by atoms with Gasteiger partial charge < -0.3 is 4.42 Å². The van der Waals surface area contributed by atoms with Gasteiger partial charge in [-0.15, -0.1) is 0 Å². The lowest BCUT2D eigenvalue weighted by Gasteiger charge is -2.37. The molecule has 0 atom stereocenters. The minimum atomic E-state index is -0.263. The minimum Gasteiger partial charge on any atom is -0.422 e. The topological polar surface area (TPSA) is 43.3 Å². The van der Waals surface area contributed by atoms with Crippen LogP contribution in [0.2, 0.25) is 0 Å². The van der Waals surface area contributed by atoms with Crippen LogP contribution < -0.4 is 0 Å². The molecule has 4 heterocycles. The molecule has 59 heavy (non-hydrogen) atoms. The van der Waals surface area contributed by atoms with Crippen LogP contribution in [-0.4, -0.2) is 14.4 Å². The fraction of sp³-hybridized carbons (Fsp3) is 0.111. The Morgan fingerprint density at radius 3 is 2.05 bits per heavy atom. The van der Waals surface area contributed by atoms with Crippen molar-refractivity contribution in [3.05, 3.63) is 174 Å². The molecule has 10 aromatic rings. The predicted molar refractivity (Wildman–Crippen MR) is 243 cm³/mol. The Kier molecular flexibility index (Phi) is 7.23. The second-order valence-corrected chi connectivity index (χ2v) is 17.8. The third kappa shape index (κ3) is 4.85. The van der Waals surface area contributed by atoms with Crippen LogP contribution in [0.15, 0.2) is 160 Å². The van der Waals surface area contributed by atoms with Crippen molar-refractivity contribution in [3.8, 4) is 66.9 Å². The van der Waals surface area contributed by atoms with E-state index in [1.165, 1.54) is 82.1 Å². The van der Waals surface area contributed by atoms with Gasteiger partial charge in [0.1, 0.15) is 0 Å². The smallest absolute Gasteiger partial charge is 0.307 e. The molecule has 0 amide bonds. The van der Waals surface area contributed by atoms with Crippen molar-refractivity contribution < 1.29 is 4.42 Å². The van der Waals surface area contributed by atoms with Gasteiger partial charge in [-0.05, 0) is 136 Å². The maximum atomic E-state index is 6.65. The van der Waals surface area contributed by atoms with Crippen molar-refractivity contribution in [2.45, 2.75) is 49.8 Å². The van der Waals surface area contributed by atoms with Crippen LogP contribution in [0.5, 0.6) is 0 Å². The third-order valence-corrected chi connectivity index (χ3v) is 14.1. The Morgan fingerprint density at radius 1 is 0.542 bits per heavy atom. The first-order valence-electron chi connectivity index (χ1n) is 20.3. The van der Waals surface area contributed by atoms with Gasteiger partial charge in [0.15, 0.2) is 5.58 Å². The number of benzene rings is 7. The van der Waals surface area contributed by atoms with E-state index in [1.54, 1.807) is 0 Å². The summed E-state index contributed by atoms with van der Waals surface area (Å²) in [5.41, 5.74) is 24.3. The van der Waals surface area contributed by atoms with Gasteiger partial charge in [0.2, 0.25) is 0 Å². The van der Waals surface area contributed by atoms with Gasteiger partial charge >= 0.3 is 5.84 Å². The highest BCUT2D eigenvalue weighted by Gasteiger charge is 2.36. The lowest BCUT2D eigenvalue weighted by Crippen LogP contribution is -2.24. The number of hydrogen-bond acceptors (Lipinski definition) is 4. The van der Waals surface area contributed by atoms with Crippen LogP contribution in [0.4, 0.5) is 0 Å².